The molecule has 31 heavy (non-hydrogen) atoms. The molecule has 1 fully saturated rings. The molecule has 0 saturated carbocycles. The van der Waals surface area contributed by atoms with Crippen LogP contribution in [0.5, 0.6) is 0 Å². The highest BCUT2D eigenvalue weighted by Gasteiger charge is 2.38. The summed E-state index contributed by atoms with van der Waals surface area (Å²) in [5.41, 5.74) is -2.94. The highest BCUT2D eigenvalue weighted by Crippen LogP contribution is 2.38. The summed E-state index contributed by atoms with van der Waals surface area (Å²) >= 11 is 0. The minimum absolute atomic E-state index is 0.0227. The number of ether oxygens (including phenoxy) is 2. The van der Waals surface area contributed by atoms with Gasteiger partial charge < -0.3 is 14.8 Å². The van der Waals surface area contributed by atoms with Gasteiger partial charge in [0, 0.05) is 0 Å². The van der Waals surface area contributed by atoms with Gasteiger partial charge in [-0.3, -0.25) is 4.79 Å². The highest BCUT2D eigenvalue weighted by molar-refractivity contribution is 5.78. The fourth-order valence-electron chi connectivity index (χ4n) is 3.06. The van der Waals surface area contributed by atoms with E-state index in [9.17, 15) is 35.5 Å². The first-order valence-electron chi connectivity index (χ1n) is 8.96. The molecule has 0 radical (unpaired) electrons. The smallest absolute Gasteiger partial charge is 0.342 e. The number of halogens is 7. The molecule has 3 atom stereocenters. The van der Waals surface area contributed by atoms with Crippen molar-refractivity contribution in [3.63, 3.8) is 0 Å². The third-order valence-electron chi connectivity index (χ3n) is 4.61. The molecule has 1 aliphatic heterocycles. The summed E-state index contributed by atoms with van der Waals surface area (Å²) in [6.45, 7) is 0.836. The average molecular weight is 451 g/mol. The Kier molecular flexibility index (Phi) is 6.28. The van der Waals surface area contributed by atoms with E-state index in [4.69, 9.17) is 9.47 Å². The summed E-state index contributed by atoms with van der Waals surface area (Å²) in [5.74, 6) is -1.05. The number of carbonyl (C=O) groups excluding carboxylic acids is 1. The Morgan fingerprint density at radius 1 is 1.00 bits per heavy atom. The van der Waals surface area contributed by atoms with E-state index in [1.165, 1.54) is 19.1 Å². The number of hydrogen-bond donors (Lipinski definition) is 1. The van der Waals surface area contributed by atoms with Gasteiger partial charge in [0.05, 0.1) is 17.2 Å². The maximum atomic E-state index is 13.2. The molecule has 0 bridgehead atoms. The van der Waals surface area contributed by atoms with Crippen molar-refractivity contribution in [2.24, 2.45) is 0 Å². The molecule has 0 aromatic heterocycles. The third-order valence-corrected chi connectivity index (χ3v) is 4.61. The molecule has 0 unspecified atom stereocenters. The lowest BCUT2D eigenvalue weighted by Gasteiger charge is -2.34. The molecule has 1 N–H and O–H groups in total. The Balaban J connectivity index is 1.90. The van der Waals surface area contributed by atoms with Crippen molar-refractivity contribution >= 4 is 5.91 Å². The second-order valence-electron chi connectivity index (χ2n) is 6.89. The zero-order valence-electron chi connectivity index (χ0n) is 15.9. The maximum absolute atomic E-state index is 13.2. The first-order valence-corrected chi connectivity index (χ1v) is 8.96. The van der Waals surface area contributed by atoms with Gasteiger partial charge in [-0.2, -0.15) is 26.3 Å². The Morgan fingerprint density at radius 3 is 2.06 bits per heavy atom. The fourth-order valence-corrected chi connectivity index (χ4v) is 3.06. The van der Waals surface area contributed by atoms with Crippen molar-refractivity contribution < 1.29 is 45.0 Å². The van der Waals surface area contributed by atoms with Gasteiger partial charge in [-0.25, -0.2) is 4.39 Å². The van der Waals surface area contributed by atoms with Crippen molar-refractivity contribution in [2.45, 2.75) is 37.7 Å². The van der Waals surface area contributed by atoms with Crippen LogP contribution in [0.3, 0.4) is 0 Å². The molecule has 2 aromatic rings. The largest absolute Gasteiger partial charge is 0.416 e. The molecule has 0 spiro atoms. The molecular weight excluding hydrogens is 435 g/mol. The van der Waals surface area contributed by atoms with E-state index in [2.05, 4.69) is 5.32 Å². The van der Waals surface area contributed by atoms with Crippen molar-refractivity contribution in [3.8, 4) is 0 Å². The van der Waals surface area contributed by atoms with Crippen molar-refractivity contribution in [1.82, 2.24) is 5.32 Å². The van der Waals surface area contributed by atoms with Crippen LogP contribution >= 0.6 is 0 Å². The average Bonchev–Trinajstić information content (AvgIpc) is 2.68. The van der Waals surface area contributed by atoms with E-state index in [1.54, 1.807) is 0 Å². The quantitative estimate of drug-likeness (QED) is 0.654. The van der Waals surface area contributed by atoms with E-state index in [0.717, 1.165) is 12.1 Å². The number of amides is 1. The Hall–Kier alpha value is -2.66. The SMILES string of the molecule is C[C@@H](O[C@H]1OCC(=O)N[C@@H]1c1ccc(F)cc1)c1cc(C(F)(F)F)cc(C(F)(F)F)c1. The molecule has 11 heteroatoms. The monoisotopic (exact) mass is 451 g/mol. The van der Waals surface area contributed by atoms with E-state index < -0.39 is 60.2 Å². The molecule has 4 nitrogen and oxygen atoms in total. The molecule has 168 valence electrons. The highest BCUT2D eigenvalue weighted by atomic mass is 19.4. The Morgan fingerprint density at radius 2 is 1.55 bits per heavy atom. The van der Waals surface area contributed by atoms with Crippen LogP contribution in [0.2, 0.25) is 0 Å². The molecule has 0 aliphatic carbocycles. The number of benzene rings is 2. The van der Waals surface area contributed by atoms with Gasteiger partial charge in [-0.05, 0) is 48.4 Å². The number of nitrogens with one attached hydrogen (secondary N) is 1. The maximum Gasteiger partial charge on any atom is 0.416 e. The molecular formula is C20H16F7NO3. The van der Waals surface area contributed by atoms with E-state index in [-0.39, 0.29) is 11.6 Å². The lowest BCUT2D eigenvalue weighted by molar-refractivity contribution is -0.204. The first kappa shape index (κ1) is 23.0. The minimum atomic E-state index is -5.00. The van der Waals surface area contributed by atoms with Crippen LogP contribution in [0.15, 0.2) is 42.5 Å². The summed E-state index contributed by atoms with van der Waals surface area (Å²) in [6.07, 6.45) is -12.5. The summed E-state index contributed by atoms with van der Waals surface area (Å²) in [6, 6.07) is 5.15. The molecule has 1 aliphatic rings. The molecule has 1 saturated heterocycles. The third kappa shape index (κ3) is 5.53. The van der Waals surface area contributed by atoms with E-state index in [1.807, 2.05) is 0 Å². The van der Waals surface area contributed by atoms with Crippen LogP contribution < -0.4 is 5.32 Å². The first-order chi connectivity index (χ1) is 14.3. The summed E-state index contributed by atoms with van der Waals surface area (Å²) < 4.78 is 103. The second-order valence-corrected chi connectivity index (χ2v) is 6.89. The van der Waals surface area contributed by atoms with Crippen LogP contribution in [0.1, 0.15) is 41.3 Å². The summed E-state index contributed by atoms with van der Waals surface area (Å²) in [7, 11) is 0. The van der Waals surface area contributed by atoms with Crippen LogP contribution in [-0.2, 0) is 26.6 Å². The van der Waals surface area contributed by atoms with Crippen LogP contribution in [0.25, 0.3) is 0 Å². The number of morpholine rings is 1. The zero-order valence-corrected chi connectivity index (χ0v) is 15.9. The van der Waals surface area contributed by atoms with E-state index in [0.29, 0.717) is 17.7 Å². The van der Waals surface area contributed by atoms with Crippen LogP contribution in [0.4, 0.5) is 30.7 Å². The van der Waals surface area contributed by atoms with Gasteiger partial charge in [-0.1, -0.05) is 12.1 Å². The van der Waals surface area contributed by atoms with Gasteiger partial charge in [-0.15, -0.1) is 0 Å². The van der Waals surface area contributed by atoms with Crippen LogP contribution in [-0.4, -0.2) is 18.8 Å². The van der Waals surface area contributed by atoms with Gasteiger partial charge >= 0.3 is 12.4 Å². The van der Waals surface area contributed by atoms with Gasteiger partial charge in [0.25, 0.3) is 0 Å². The lowest BCUT2D eigenvalue weighted by Crippen LogP contribution is -2.47. The predicted octanol–water partition coefficient (Wildman–Crippen LogP) is 5.15. The van der Waals surface area contributed by atoms with Gasteiger partial charge in [0.2, 0.25) is 5.91 Å². The number of rotatable bonds is 4. The molecule has 1 amide bonds. The van der Waals surface area contributed by atoms with E-state index >= 15 is 0 Å². The molecule has 1 heterocycles. The fraction of sp³-hybridized carbons (Fsp3) is 0.350. The van der Waals surface area contributed by atoms with Crippen molar-refractivity contribution in [3.05, 3.63) is 70.5 Å². The zero-order chi connectivity index (χ0) is 23.0. The predicted molar refractivity (Wildman–Crippen MR) is 93.0 cm³/mol. The summed E-state index contributed by atoms with van der Waals surface area (Å²) in [4.78, 5) is 11.7. The lowest BCUT2D eigenvalue weighted by atomic mass is 10.0. The topological polar surface area (TPSA) is 47.6 Å². The number of carbonyl (C=O) groups is 1. The van der Waals surface area contributed by atoms with Gasteiger partial charge in [0.1, 0.15) is 18.5 Å². The number of alkyl halides is 6. The van der Waals surface area contributed by atoms with Crippen molar-refractivity contribution in [2.75, 3.05) is 6.61 Å². The van der Waals surface area contributed by atoms with Gasteiger partial charge in [0.15, 0.2) is 6.29 Å². The normalized spacial score (nSPS) is 21.0. The molecule has 3 rings (SSSR count). The standard InChI is InChI=1S/C20H16F7NO3/c1-10(12-6-13(19(22,23)24)8-14(7-12)20(25,26)27)31-18-17(28-16(29)9-30-18)11-2-4-15(21)5-3-11/h2-8,10,17-18H,9H2,1H3,(H,28,29)/t10-,17-,18-/m1/s1. The number of hydrogen-bond acceptors (Lipinski definition) is 3. The Bertz CT molecular complexity index is 909. The van der Waals surface area contributed by atoms with Crippen molar-refractivity contribution in [1.29, 1.82) is 0 Å². The minimum Gasteiger partial charge on any atom is -0.342 e. The van der Waals surface area contributed by atoms with Crippen LogP contribution in [0, 0.1) is 5.82 Å². The molecule has 2 aromatic carbocycles. The Labute approximate surface area is 171 Å². The summed E-state index contributed by atoms with van der Waals surface area (Å²) in [5, 5.41) is 2.56. The second kappa shape index (κ2) is 8.46.